The van der Waals surface area contributed by atoms with E-state index in [0.717, 1.165) is 5.92 Å². The highest BCUT2D eigenvalue weighted by molar-refractivity contribution is 5.01. The van der Waals surface area contributed by atoms with Gasteiger partial charge in [0.1, 0.15) is 0 Å². The first-order chi connectivity index (χ1) is 4.95. The summed E-state index contributed by atoms with van der Waals surface area (Å²) >= 11 is 0. The number of rotatable bonds is 0. The van der Waals surface area contributed by atoms with Crippen molar-refractivity contribution in [1.29, 1.82) is 0 Å². The fourth-order valence-electron chi connectivity index (χ4n) is 3.53. The van der Waals surface area contributed by atoms with Crippen molar-refractivity contribution in [2.45, 2.75) is 38.5 Å². The van der Waals surface area contributed by atoms with Gasteiger partial charge in [-0.3, -0.25) is 0 Å². The van der Waals surface area contributed by atoms with Crippen LogP contribution >= 0.6 is 0 Å². The average Bonchev–Trinajstić information content (AvgIpc) is 2.67. The van der Waals surface area contributed by atoms with Crippen molar-refractivity contribution in [1.82, 2.24) is 0 Å². The van der Waals surface area contributed by atoms with Gasteiger partial charge in [-0.1, -0.05) is 19.3 Å². The SMILES string of the molecule is C1CC2C3CCC1CCC23. The van der Waals surface area contributed by atoms with E-state index in [2.05, 4.69) is 0 Å². The van der Waals surface area contributed by atoms with Gasteiger partial charge in [-0.2, -0.15) is 0 Å². The fraction of sp³-hybridized carbons (Fsp3) is 1.00. The molecule has 0 radical (unpaired) electrons. The first-order valence-electron chi connectivity index (χ1n) is 4.95. The molecule has 0 atom stereocenters. The van der Waals surface area contributed by atoms with Gasteiger partial charge in [0.05, 0.1) is 0 Å². The summed E-state index contributed by atoms with van der Waals surface area (Å²) in [6.07, 6.45) is 9.53. The normalized spacial score (nSPS) is 57.6. The minimum atomic E-state index is 1.15. The molecule has 0 amide bonds. The third kappa shape index (κ3) is 0.627. The Labute approximate surface area is 63.0 Å². The van der Waals surface area contributed by atoms with E-state index >= 15 is 0 Å². The van der Waals surface area contributed by atoms with Crippen LogP contribution in [0, 0.1) is 23.7 Å². The molecule has 0 unspecified atom stereocenters. The molecule has 0 N–H and O–H groups in total. The van der Waals surface area contributed by atoms with Gasteiger partial charge in [-0.15, -0.1) is 0 Å². The smallest absolute Gasteiger partial charge is 0.0352 e. The zero-order chi connectivity index (χ0) is 6.55. The number of hydrogen-bond acceptors (Lipinski definition) is 0. The second-order valence-electron chi connectivity index (χ2n) is 4.59. The van der Waals surface area contributed by atoms with Gasteiger partial charge < -0.3 is 0 Å². The van der Waals surface area contributed by atoms with Crippen LogP contribution < -0.4 is 0 Å². The standard InChI is InChI=1S/C10H16/c1-4-8-9-5-2-7(1)3-6-10(8)9/h7-10H,1-6H2. The molecule has 0 aromatic rings. The maximum atomic E-state index is 1.60. The summed E-state index contributed by atoms with van der Waals surface area (Å²) in [6, 6.07) is 0. The lowest BCUT2D eigenvalue weighted by Crippen LogP contribution is -1.94. The highest BCUT2D eigenvalue weighted by atomic mass is 14.6. The highest BCUT2D eigenvalue weighted by Crippen LogP contribution is 2.60. The molecule has 0 heteroatoms. The predicted octanol–water partition coefficient (Wildman–Crippen LogP) is 2.83. The molecule has 4 rings (SSSR count). The third-order valence-electron chi connectivity index (χ3n) is 4.23. The van der Waals surface area contributed by atoms with Crippen molar-refractivity contribution in [2.24, 2.45) is 23.7 Å². The number of hydrogen-bond donors (Lipinski definition) is 0. The highest BCUT2D eigenvalue weighted by Gasteiger charge is 2.51. The summed E-state index contributed by atoms with van der Waals surface area (Å²) in [4.78, 5) is 0. The minimum absolute atomic E-state index is 1.15. The lowest BCUT2D eigenvalue weighted by molar-refractivity contribution is 0.444. The van der Waals surface area contributed by atoms with Crippen molar-refractivity contribution in [3.8, 4) is 0 Å². The van der Waals surface area contributed by atoms with E-state index in [1.54, 1.807) is 38.5 Å². The largest absolute Gasteiger partial charge is 0.0502 e. The molecule has 10 heavy (non-hydrogen) atoms. The van der Waals surface area contributed by atoms with Crippen molar-refractivity contribution in [3.63, 3.8) is 0 Å². The van der Waals surface area contributed by atoms with E-state index < -0.39 is 0 Å². The quantitative estimate of drug-likeness (QED) is 0.480. The Morgan fingerprint density at radius 2 is 0.900 bits per heavy atom. The van der Waals surface area contributed by atoms with E-state index in [1.807, 2.05) is 0 Å². The van der Waals surface area contributed by atoms with Crippen LogP contribution in [0.25, 0.3) is 0 Å². The molecule has 4 bridgehead atoms. The fourth-order valence-corrected chi connectivity index (χ4v) is 3.53. The Kier molecular flexibility index (Phi) is 1.00. The molecule has 0 aliphatic heterocycles. The molecular formula is C10H16. The van der Waals surface area contributed by atoms with E-state index in [4.69, 9.17) is 0 Å². The first-order valence-corrected chi connectivity index (χ1v) is 4.95. The van der Waals surface area contributed by atoms with E-state index in [0.29, 0.717) is 0 Å². The summed E-state index contributed by atoms with van der Waals surface area (Å²) in [5, 5.41) is 0. The molecule has 56 valence electrons. The van der Waals surface area contributed by atoms with Crippen LogP contribution in [0.4, 0.5) is 0 Å². The Morgan fingerprint density at radius 1 is 0.500 bits per heavy atom. The van der Waals surface area contributed by atoms with E-state index in [1.165, 1.54) is 17.8 Å². The van der Waals surface area contributed by atoms with E-state index in [-0.39, 0.29) is 0 Å². The lowest BCUT2D eigenvalue weighted by atomic mass is 9.98. The molecule has 0 heterocycles. The predicted molar refractivity (Wildman–Crippen MR) is 41.7 cm³/mol. The Hall–Kier alpha value is 0. The molecule has 0 spiro atoms. The molecule has 0 aromatic carbocycles. The van der Waals surface area contributed by atoms with Crippen LogP contribution in [0.1, 0.15) is 38.5 Å². The van der Waals surface area contributed by atoms with Crippen molar-refractivity contribution < 1.29 is 0 Å². The Balaban J connectivity index is 1.90. The second-order valence-corrected chi connectivity index (χ2v) is 4.59. The Bertz CT molecular complexity index is 110. The molecule has 4 aliphatic rings. The van der Waals surface area contributed by atoms with Crippen LogP contribution in [0.3, 0.4) is 0 Å². The summed E-state index contributed by atoms with van der Waals surface area (Å²) < 4.78 is 0. The van der Waals surface area contributed by atoms with Crippen molar-refractivity contribution in [3.05, 3.63) is 0 Å². The van der Waals surface area contributed by atoms with Crippen LogP contribution in [0.2, 0.25) is 0 Å². The first kappa shape index (κ1) is 5.62. The molecule has 4 fully saturated rings. The molecule has 4 saturated carbocycles. The molecular weight excluding hydrogens is 120 g/mol. The van der Waals surface area contributed by atoms with Gasteiger partial charge in [0.15, 0.2) is 0 Å². The van der Waals surface area contributed by atoms with Crippen LogP contribution in [-0.4, -0.2) is 0 Å². The van der Waals surface area contributed by atoms with Crippen LogP contribution in [0.15, 0.2) is 0 Å². The van der Waals surface area contributed by atoms with Crippen molar-refractivity contribution in [2.75, 3.05) is 0 Å². The maximum Gasteiger partial charge on any atom is -0.0352 e. The zero-order valence-electron chi connectivity index (χ0n) is 6.55. The number of fused-ring (bicyclic) bond motifs is 3. The summed E-state index contributed by atoms with van der Waals surface area (Å²) in [7, 11) is 0. The van der Waals surface area contributed by atoms with E-state index in [9.17, 15) is 0 Å². The van der Waals surface area contributed by atoms with Gasteiger partial charge in [-0.25, -0.2) is 0 Å². The minimum Gasteiger partial charge on any atom is -0.0502 e. The van der Waals surface area contributed by atoms with Crippen LogP contribution in [0.5, 0.6) is 0 Å². The van der Waals surface area contributed by atoms with Gasteiger partial charge in [0.25, 0.3) is 0 Å². The maximum absolute atomic E-state index is 1.60. The Morgan fingerprint density at radius 3 is 1.30 bits per heavy atom. The van der Waals surface area contributed by atoms with Gasteiger partial charge >= 0.3 is 0 Å². The van der Waals surface area contributed by atoms with Gasteiger partial charge in [0, 0.05) is 0 Å². The average molecular weight is 136 g/mol. The summed E-state index contributed by atoms with van der Waals surface area (Å²) in [5.41, 5.74) is 0. The molecule has 0 nitrogen and oxygen atoms in total. The monoisotopic (exact) mass is 136 g/mol. The molecule has 0 aromatic heterocycles. The third-order valence-corrected chi connectivity index (χ3v) is 4.23. The second kappa shape index (κ2) is 1.78. The summed E-state index contributed by atoms with van der Waals surface area (Å²) in [5.74, 6) is 4.80. The lowest BCUT2D eigenvalue weighted by Gasteiger charge is -2.08. The molecule has 4 aliphatic carbocycles. The topological polar surface area (TPSA) is 0 Å². The summed E-state index contributed by atoms with van der Waals surface area (Å²) in [6.45, 7) is 0. The zero-order valence-corrected chi connectivity index (χ0v) is 6.55. The van der Waals surface area contributed by atoms with Crippen LogP contribution in [-0.2, 0) is 0 Å². The van der Waals surface area contributed by atoms with Crippen molar-refractivity contribution >= 4 is 0 Å². The molecule has 0 saturated heterocycles. The van der Waals surface area contributed by atoms with Gasteiger partial charge in [-0.05, 0) is 42.9 Å². The van der Waals surface area contributed by atoms with Gasteiger partial charge in [0.2, 0.25) is 0 Å².